The lowest BCUT2D eigenvalue weighted by Crippen LogP contribution is -2.57. The zero-order valence-corrected chi connectivity index (χ0v) is 73.3. The van der Waals surface area contributed by atoms with Gasteiger partial charge in [0.2, 0.25) is 76.9 Å². The van der Waals surface area contributed by atoms with Gasteiger partial charge in [0.1, 0.15) is 64.8 Å². The fraction of sp³-hybridized carbons (Fsp3) is 0.352. The predicted octanol–water partition coefficient (Wildman–Crippen LogP) is 3.59. The third kappa shape index (κ3) is 24.9. The number of hydrogen-bond acceptors (Lipinski definition) is 28. The number of benzene rings is 7. The number of anilines is 6. The summed E-state index contributed by atoms with van der Waals surface area (Å²) in [5.74, 6) is -10.1. The lowest BCUT2D eigenvalue weighted by molar-refractivity contribution is -0.131. The molecule has 0 spiro atoms. The number of carbonyl (C=O) groups excluding carboxylic acids is 12. The molecule has 12 amide bonds. The van der Waals surface area contributed by atoms with Crippen LogP contribution in [0.1, 0.15) is 118 Å². The number of nitrogens with zero attached hydrogens (tertiary/aromatic N) is 5. The topological polar surface area (TPSA) is 615 Å². The van der Waals surface area contributed by atoms with E-state index in [0.29, 0.717) is 77.5 Å². The number of thioether (sulfide) groups is 2. The van der Waals surface area contributed by atoms with Gasteiger partial charge in [-0.2, -0.15) is 38.5 Å². The molecular weight excluding hydrogens is 1740 g/mol. The number of phenolic OH excluding ortho intramolecular Hbond substituents is 3. The summed E-state index contributed by atoms with van der Waals surface area (Å²) < 4.78 is 6.05. The maximum Gasteiger partial charge on any atom is 0.336 e. The first-order valence-corrected chi connectivity index (χ1v) is 45.4. The Labute approximate surface area is 764 Å². The number of nitrogens with one attached hydrogen (secondary N) is 11. The zero-order valence-electron chi connectivity index (χ0n) is 71.6. The van der Waals surface area contributed by atoms with E-state index in [0.717, 1.165) is 0 Å². The summed E-state index contributed by atoms with van der Waals surface area (Å²) in [6.45, 7) is 0.484. The molecule has 1 aromatic heterocycles. The summed E-state index contributed by atoms with van der Waals surface area (Å²) in [5, 5.41) is 72.3. The van der Waals surface area contributed by atoms with Crippen molar-refractivity contribution < 1.29 is 87.2 Å². The summed E-state index contributed by atoms with van der Waals surface area (Å²) in [4.78, 5) is 211. The zero-order chi connectivity index (χ0) is 93.8. The Bertz CT molecular complexity index is 5620. The molecular formula is C91H102N20O19S2. The van der Waals surface area contributed by atoms with Gasteiger partial charge in [-0.15, -0.1) is 0 Å². The van der Waals surface area contributed by atoms with Gasteiger partial charge < -0.3 is 116 Å². The first-order chi connectivity index (χ1) is 63.5. The number of nitrogens with two attached hydrogens (primary N) is 4. The molecule has 2 saturated heterocycles. The molecule has 132 heavy (non-hydrogen) atoms. The molecule has 13 rings (SSSR count). The van der Waals surface area contributed by atoms with E-state index in [9.17, 15) is 87.5 Å². The van der Waals surface area contributed by atoms with Gasteiger partial charge in [0.05, 0.1) is 18.7 Å². The highest BCUT2D eigenvalue weighted by Crippen LogP contribution is 2.43. The second-order valence-electron chi connectivity index (χ2n) is 32.5. The van der Waals surface area contributed by atoms with Crippen molar-refractivity contribution in [2.75, 3.05) is 89.6 Å². The van der Waals surface area contributed by atoms with Crippen LogP contribution in [0.5, 0.6) is 17.2 Å². The van der Waals surface area contributed by atoms with E-state index in [1.165, 1.54) is 96.3 Å². The smallest absolute Gasteiger partial charge is 0.336 e. The van der Waals surface area contributed by atoms with E-state index in [1.54, 1.807) is 66.7 Å². The monoisotopic (exact) mass is 1840 g/mol. The molecule has 692 valence electrons. The van der Waals surface area contributed by atoms with Crippen molar-refractivity contribution in [3.63, 3.8) is 0 Å². The predicted molar refractivity (Wildman–Crippen MR) is 493 cm³/mol. The average Bonchev–Trinajstić information content (AvgIpc) is 0.744. The number of primary amides is 2. The van der Waals surface area contributed by atoms with Crippen LogP contribution in [0.4, 0.5) is 34.9 Å². The van der Waals surface area contributed by atoms with Crippen LogP contribution < -0.4 is 96.6 Å². The highest BCUT2D eigenvalue weighted by molar-refractivity contribution is 7.98. The fourth-order valence-corrected chi connectivity index (χ4v) is 18.0. The minimum Gasteiger partial charge on any atom is -0.508 e. The number of aromatic carboxylic acids is 1. The van der Waals surface area contributed by atoms with Crippen LogP contribution in [0.3, 0.4) is 0 Å². The first-order valence-electron chi connectivity index (χ1n) is 43.0. The van der Waals surface area contributed by atoms with E-state index < -0.39 is 138 Å². The van der Waals surface area contributed by atoms with Gasteiger partial charge in [-0.25, -0.2) is 4.79 Å². The summed E-state index contributed by atoms with van der Waals surface area (Å²) in [7, 11) is 0. The van der Waals surface area contributed by atoms with Crippen LogP contribution in [0.25, 0.3) is 33.4 Å². The highest BCUT2D eigenvalue weighted by atomic mass is 32.2. The standard InChI is InChI=1S/C91H102N20O19S2/c92-29-3-1-5-67-84(124)103-69(35-48-7-16-57(112)17-8-48)86(126)105-71(78(94)118)46-131-44-52-11-13-54(37-64(52)82(122)101-67)98-75(116)42-96-80(120)50-25-31-110(32-26-50)90-107-89(100-56-15-22-61(66(39-56)88(128)129)77-62-23-20-59(114)40-73(62)130-74-41-60(115)21-24-63(74)77)108-91(109-90)111-33-27-51(28-34-111)81(121)97-43-76(117)99-55-14-12-53-45-132-47-72(79(95)119)106-87(127)70(36-49-9-18-58(113)19-10-49)104-85(125)68(6-2-4-30-93)102-83(123)65(53)38-55/h7-24,37-41,50-51,67-72,112-114H,1-6,25-36,42-47,92-93H2,(H2,94,118)(H2,95,119)(H,96,120)(H,97,121)(H,98,116)(H,99,117)(H,101,122)(H,102,123)(H,103,124)(H,104,125)(H,105,126)(H,106,127)(H,128,129)(H,100,107,108,109)/t67-,68-,69-,70-,71-,72-/m0/s1. The first kappa shape index (κ1) is 95.1. The van der Waals surface area contributed by atoms with Crippen molar-refractivity contribution in [1.29, 1.82) is 0 Å². The molecule has 0 radical (unpaired) electrons. The lowest BCUT2D eigenvalue weighted by atomic mass is 9.90. The fourth-order valence-electron chi connectivity index (χ4n) is 15.9. The number of fused-ring (bicyclic) bond motifs is 4. The third-order valence-corrected chi connectivity index (χ3v) is 25.2. The number of carboxylic acid groups (broad SMARTS) is 1. The number of carbonyl (C=O) groups is 13. The van der Waals surface area contributed by atoms with Crippen molar-refractivity contribution >= 4 is 146 Å². The normalized spacial score (nSPS) is 18.7. The van der Waals surface area contributed by atoms with E-state index >= 15 is 0 Å². The Kier molecular flexibility index (Phi) is 31.9. The second-order valence-corrected chi connectivity index (χ2v) is 34.6. The Balaban J connectivity index is 0.680. The molecule has 39 nitrogen and oxygen atoms in total. The number of aromatic hydroxyl groups is 3. The minimum atomic E-state index is -1.32. The molecule has 41 heteroatoms. The Morgan fingerprint density at radius 1 is 0.470 bits per heavy atom. The van der Waals surface area contributed by atoms with Crippen LogP contribution in [-0.4, -0.2) is 212 Å². The van der Waals surface area contributed by atoms with Gasteiger partial charge in [0.15, 0.2) is 5.43 Å². The Morgan fingerprint density at radius 3 is 1.37 bits per heavy atom. The molecule has 6 heterocycles. The van der Waals surface area contributed by atoms with Gasteiger partial charge in [0.25, 0.3) is 11.8 Å². The van der Waals surface area contributed by atoms with Gasteiger partial charge in [-0.3, -0.25) is 62.3 Å². The number of rotatable bonds is 28. The van der Waals surface area contributed by atoms with Gasteiger partial charge in [-0.05, 0) is 190 Å². The molecule has 0 bridgehead atoms. The molecule has 23 N–H and O–H groups in total. The van der Waals surface area contributed by atoms with Crippen LogP contribution in [0, 0.1) is 11.8 Å². The van der Waals surface area contributed by atoms with Crippen molar-refractivity contribution in [1.82, 2.24) is 57.5 Å². The number of carboxylic acids is 1. The number of amides is 12. The number of unbranched alkanes of at least 4 members (excludes halogenated alkanes) is 2. The number of hydrogen-bond donors (Lipinski definition) is 19. The maximum atomic E-state index is 14.5. The van der Waals surface area contributed by atoms with Crippen molar-refractivity contribution in [2.24, 2.45) is 34.8 Å². The molecule has 5 aliphatic heterocycles. The molecule has 0 unspecified atom stereocenters. The van der Waals surface area contributed by atoms with E-state index in [4.69, 9.17) is 42.3 Å². The van der Waals surface area contributed by atoms with Gasteiger partial charge in [-0.1, -0.05) is 42.5 Å². The van der Waals surface area contributed by atoms with E-state index in [-0.39, 0.29) is 192 Å². The summed E-state index contributed by atoms with van der Waals surface area (Å²) in [6.07, 6.45) is 2.96. The van der Waals surface area contributed by atoms with Crippen LogP contribution in [-0.2, 0) is 72.3 Å². The summed E-state index contributed by atoms with van der Waals surface area (Å²) in [5.41, 5.74) is 26.7. The quantitative estimate of drug-likeness (QED) is 0.0246. The average molecular weight is 1840 g/mol. The maximum absolute atomic E-state index is 14.5. The Hall–Kier alpha value is -14.5. The molecule has 7 aromatic rings. The van der Waals surface area contributed by atoms with E-state index in [1.807, 2.05) is 9.80 Å². The largest absolute Gasteiger partial charge is 0.508 e. The van der Waals surface area contributed by atoms with E-state index in [2.05, 4.69) is 58.5 Å². The molecule has 0 saturated carbocycles. The molecule has 2 fully saturated rings. The molecule has 6 atom stereocenters. The number of phenols is 3. The van der Waals surface area contributed by atoms with Gasteiger partial charge in [0, 0.05) is 131 Å². The molecule has 6 aliphatic rings. The van der Waals surface area contributed by atoms with Crippen LogP contribution in [0.2, 0.25) is 0 Å². The summed E-state index contributed by atoms with van der Waals surface area (Å²) in [6, 6.07) is 27.0. The number of piperidine rings is 2. The minimum absolute atomic E-state index is 0.0213. The van der Waals surface area contributed by atoms with Crippen LogP contribution in [0.15, 0.2) is 149 Å². The lowest BCUT2D eigenvalue weighted by Gasteiger charge is -2.34. The number of aromatic nitrogens is 3. The summed E-state index contributed by atoms with van der Waals surface area (Å²) >= 11 is 2.39. The van der Waals surface area contributed by atoms with Crippen LogP contribution >= 0.6 is 23.5 Å². The van der Waals surface area contributed by atoms with Crippen molar-refractivity contribution in [3.8, 4) is 39.7 Å². The second kappa shape index (κ2) is 44.2. The third-order valence-electron chi connectivity index (χ3n) is 23.0. The van der Waals surface area contributed by atoms with Crippen molar-refractivity contribution in [2.45, 2.75) is 125 Å². The Morgan fingerprint density at radius 2 is 0.917 bits per heavy atom. The van der Waals surface area contributed by atoms with Crippen molar-refractivity contribution in [3.05, 3.63) is 189 Å². The SMILES string of the molecule is NCCCC[C@@H]1NC(=O)c2cc(NC(=O)CNC(=O)C3CCN(c4nc(Nc5ccc(-c6c7ccc(=O)cc-7oc7cc(O)ccc67)c(C(=O)O)c5)nc(N5CCC(C(=O)NCC(=O)Nc6ccc7c(c6)C(=O)N[C@@H](CCCCN)C(=O)N[C@@H](Cc6ccc(O)cc6)C(=O)N[C@H](C(N)=O)CSC7)CC5)n4)CC3)ccc2CSC[C@@H](C(N)=O)NC(=O)[C@H](Cc2ccc(O)cc2)NC1=O. The molecule has 1 aliphatic carbocycles. The highest BCUT2D eigenvalue weighted by Gasteiger charge is 2.37. The molecule has 6 aromatic carbocycles. The van der Waals surface area contributed by atoms with Gasteiger partial charge >= 0.3 is 5.97 Å².